The summed E-state index contributed by atoms with van der Waals surface area (Å²) >= 11 is 0. The second-order valence-electron chi connectivity index (χ2n) is 8.04. The second kappa shape index (κ2) is 10.3. The van der Waals surface area contributed by atoms with E-state index in [1.807, 2.05) is 26.0 Å². The summed E-state index contributed by atoms with van der Waals surface area (Å²) in [6.45, 7) is 6.65. The Kier molecular flexibility index (Phi) is 7.06. The van der Waals surface area contributed by atoms with Crippen LogP contribution in [0.2, 0.25) is 0 Å². The summed E-state index contributed by atoms with van der Waals surface area (Å²) in [6, 6.07) is 12.6. The van der Waals surface area contributed by atoms with Gasteiger partial charge in [-0.25, -0.2) is 0 Å². The minimum atomic E-state index is -0.622. The number of imide groups is 1. The van der Waals surface area contributed by atoms with Gasteiger partial charge in [0, 0.05) is 5.57 Å². The van der Waals surface area contributed by atoms with Gasteiger partial charge in [0.25, 0.3) is 11.8 Å². The van der Waals surface area contributed by atoms with Crippen molar-refractivity contribution in [3.05, 3.63) is 64.2 Å². The van der Waals surface area contributed by atoms with Crippen LogP contribution in [0.4, 0.5) is 0 Å². The minimum absolute atomic E-state index is 0.00189. The molecule has 2 amide bonds. The fraction of sp³-hybridized carbons (Fsp3) is 0.296. The Morgan fingerprint density at radius 3 is 2.57 bits per heavy atom. The maximum Gasteiger partial charge on any atom is 0.271 e. The number of carbonyl (C=O) groups is 2. The van der Waals surface area contributed by atoms with Crippen molar-refractivity contribution in [2.45, 2.75) is 33.7 Å². The summed E-state index contributed by atoms with van der Waals surface area (Å²) in [5.74, 6) is 1.24. The van der Waals surface area contributed by atoms with Gasteiger partial charge in [-0.15, -0.1) is 0 Å². The Labute approximate surface area is 204 Å². The normalized spacial score (nSPS) is 16.1. The summed E-state index contributed by atoms with van der Waals surface area (Å²) in [6.07, 6.45) is 2.53. The molecule has 0 aliphatic carbocycles. The van der Waals surface area contributed by atoms with Crippen LogP contribution >= 0.6 is 0 Å². The van der Waals surface area contributed by atoms with Crippen molar-refractivity contribution in [3.8, 4) is 29.1 Å². The third kappa shape index (κ3) is 4.85. The topological polar surface area (TPSA) is 98.1 Å². The fourth-order valence-corrected chi connectivity index (χ4v) is 3.88. The lowest BCUT2D eigenvalue weighted by molar-refractivity contribution is -0.141. The molecular formula is C27H26N2O6. The summed E-state index contributed by atoms with van der Waals surface area (Å²) in [7, 11) is 0. The number of ether oxygens (including phenoxy) is 4. The van der Waals surface area contributed by atoms with Gasteiger partial charge in [-0.3, -0.25) is 14.5 Å². The number of hydrogen-bond donors (Lipinski definition) is 0. The Hall–Kier alpha value is -4.25. The molecule has 180 valence electrons. The van der Waals surface area contributed by atoms with E-state index in [-0.39, 0.29) is 24.5 Å². The molecule has 4 rings (SSSR count). The first-order valence-corrected chi connectivity index (χ1v) is 11.4. The molecule has 0 atom stereocenters. The smallest absolute Gasteiger partial charge is 0.271 e. The number of nitriles is 1. The van der Waals surface area contributed by atoms with E-state index in [0.717, 1.165) is 11.3 Å². The Morgan fingerprint density at radius 1 is 1.03 bits per heavy atom. The summed E-state index contributed by atoms with van der Waals surface area (Å²) < 4.78 is 22.2. The maximum atomic E-state index is 13.5. The van der Waals surface area contributed by atoms with Crippen molar-refractivity contribution in [2.24, 2.45) is 0 Å². The number of amides is 2. The average molecular weight is 475 g/mol. The van der Waals surface area contributed by atoms with E-state index in [9.17, 15) is 14.9 Å². The highest BCUT2D eigenvalue weighted by Gasteiger charge is 2.35. The number of carbonyl (C=O) groups excluding carboxylic acids is 2. The van der Waals surface area contributed by atoms with E-state index in [4.69, 9.17) is 18.9 Å². The van der Waals surface area contributed by atoms with Crippen LogP contribution in [0.5, 0.6) is 23.0 Å². The van der Waals surface area contributed by atoms with E-state index in [1.165, 1.54) is 0 Å². The van der Waals surface area contributed by atoms with Crippen LogP contribution in [-0.2, 0) is 16.1 Å². The molecule has 0 spiro atoms. The lowest BCUT2D eigenvalue weighted by Gasteiger charge is -2.27. The maximum absolute atomic E-state index is 13.5. The molecule has 0 saturated carbocycles. The zero-order chi connectivity index (χ0) is 24.9. The van der Waals surface area contributed by atoms with Crippen LogP contribution < -0.4 is 18.9 Å². The molecule has 0 unspecified atom stereocenters. The zero-order valence-electron chi connectivity index (χ0n) is 19.9. The number of rotatable bonds is 8. The number of benzene rings is 2. The molecule has 0 fully saturated rings. The molecule has 35 heavy (non-hydrogen) atoms. The molecule has 8 nitrogen and oxygen atoms in total. The largest absolute Gasteiger partial charge is 0.490 e. The van der Waals surface area contributed by atoms with Crippen LogP contribution in [0, 0.1) is 11.3 Å². The molecule has 2 aromatic carbocycles. The molecular weight excluding hydrogens is 448 g/mol. The van der Waals surface area contributed by atoms with Crippen LogP contribution in [-0.4, -0.2) is 36.7 Å². The van der Waals surface area contributed by atoms with E-state index in [0.29, 0.717) is 52.9 Å². The molecule has 0 N–H and O–H groups in total. The lowest BCUT2D eigenvalue weighted by Crippen LogP contribution is -2.42. The first kappa shape index (κ1) is 23.9. The Morgan fingerprint density at radius 2 is 1.83 bits per heavy atom. The molecule has 0 saturated heterocycles. The van der Waals surface area contributed by atoms with Gasteiger partial charge < -0.3 is 18.9 Å². The van der Waals surface area contributed by atoms with Gasteiger partial charge in [0.1, 0.15) is 11.6 Å². The van der Waals surface area contributed by atoms with Crippen molar-refractivity contribution >= 4 is 17.9 Å². The Bertz CT molecular complexity index is 1270. The van der Waals surface area contributed by atoms with Crippen molar-refractivity contribution in [3.63, 3.8) is 0 Å². The van der Waals surface area contributed by atoms with Crippen molar-refractivity contribution < 1.29 is 28.5 Å². The monoisotopic (exact) mass is 474 g/mol. The fourth-order valence-electron chi connectivity index (χ4n) is 3.88. The second-order valence-corrected chi connectivity index (χ2v) is 8.04. The average Bonchev–Trinajstić information content (AvgIpc) is 3.32. The van der Waals surface area contributed by atoms with Crippen LogP contribution in [0.3, 0.4) is 0 Å². The van der Waals surface area contributed by atoms with Gasteiger partial charge in [0.2, 0.25) is 6.79 Å². The van der Waals surface area contributed by atoms with Crippen molar-refractivity contribution in [1.82, 2.24) is 4.90 Å². The van der Waals surface area contributed by atoms with E-state index < -0.39 is 11.8 Å². The molecule has 2 heterocycles. The van der Waals surface area contributed by atoms with Crippen LogP contribution in [0.25, 0.3) is 6.08 Å². The first-order chi connectivity index (χ1) is 17.0. The quantitative estimate of drug-likeness (QED) is 0.413. The first-order valence-electron chi connectivity index (χ1n) is 11.4. The molecule has 8 heteroatoms. The summed E-state index contributed by atoms with van der Waals surface area (Å²) in [5.41, 5.74) is 1.92. The van der Waals surface area contributed by atoms with Crippen LogP contribution in [0.15, 0.2) is 53.1 Å². The predicted octanol–water partition coefficient (Wildman–Crippen LogP) is 4.40. The van der Waals surface area contributed by atoms with Gasteiger partial charge >= 0.3 is 0 Å². The standard InChI is InChI=1S/C27H26N2O6/c1-4-10-33-22-8-6-18(12-24(22)32-5-2)11-20-17(3)21(14-28)27(31)29(26(20)30)15-19-7-9-23-25(13-19)35-16-34-23/h6-9,11-13H,4-5,10,15-16H2,1-3H3/b20-11+. The lowest BCUT2D eigenvalue weighted by atomic mass is 9.93. The van der Waals surface area contributed by atoms with E-state index >= 15 is 0 Å². The molecule has 2 aliphatic heterocycles. The van der Waals surface area contributed by atoms with E-state index in [2.05, 4.69) is 0 Å². The third-order valence-electron chi connectivity index (χ3n) is 5.64. The van der Waals surface area contributed by atoms with Gasteiger partial charge in [0.15, 0.2) is 23.0 Å². The molecule has 0 bridgehead atoms. The third-order valence-corrected chi connectivity index (χ3v) is 5.64. The minimum Gasteiger partial charge on any atom is -0.490 e. The van der Waals surface area contributed by atoms with Crippen molar-refractivity contribution in [1.29, 1.82) is 5.26 Å². The number of hydrogen-bond acceptors (Lipinski definition) is 7. The predicted molar refractivity (Wildman–Crippen MR) is 128 cm³/mol. The highest BCUT2D eigenvalue weighted by molar-refractivity contribution is 6.19. The number of fused-ring (bicyclic) bond motifs is 1. The molecule has 2 aromatic rings. The molecule has 0 radical (unpaired) electrons. The Balaban J connectivity index is 1.69. The van der Waals surface area contributed by atoms with Gasteiger partial charge in [0.05, 0.1) is 19.8 Å². The summed E-state index contributed by atoms with van der Waals surface area (Å²) in [5, 5.41) is 9.68. The van der Waals surface area contributed by atoms with Gasteiger partial charge in [-0.1, -0.05) is 19.1 Å². The zero-order valence-corrected chi connectivity index (χ0v) is 19.9. The van der Waals surface area contributed by atoms with Crippen LogP contribution in [0.1, 0.15) is 38.3 Å². The SMILES string of the molecule is CCCOc1ccc(/C=C2/C(=O)N(Cc3ccc4c(c3)OCO4)C(=O)C(C#N)=C2C)cc1OCC. The summed E-state index contributed by atoms with van der Waals surface area (Å²) in [4.78, 5) is 27.5. The van der Waals surface area contributed by atoms with E-state index in [1.54, 1.807) is 43.3 Å². The van der Waals surface area contributed by atoms with Crippen molar-refractivity contribution in [2.75, 3.05) is 20.0 Å². The molecule has 2 aliphatic rings. The van der Waals surface area contributed by atoms with Gasteiger partial charge in [-0.2, -0.15) is 5.26 Å². The highest BCUT2D eigenvalue weighted by atomic mass is 16.7. The van der Waals surface area contributed by atoms with Gasteiger partial charge in [-0.05, 0) is 67.3 Å². The number of nitrogens with zero attached hydrogens (tertiary/aromatic N) is 2. The highest BCUT2D eigenvalue weighted by Crippen LogP contribution is 2.35. The molecule has 0 aromatic heterocycles.